The van der Waals surface area contributed by atoms with Gasteiger partial charge in [-0.2, -0.15) is 0 Å². The molecule has 3 nitrogen and oxygen atoms in total. The Morgan fingerprint density at radius 3 is 2.44 bits per heavy atom. The van der Waals surface area contributed by atoms with Crippen LogP contribution in [0.2, 0.25) is 5.02 Å². The van der Waals surface area contributed by atoms with Gasteiger partial charge in [-0.05, 0) is 36.5 Å². The van der Waals surface area contributed by atoms with Gasteiger partial charge < -0.3 is 10.0 Å². The highest BCUT2D eigenvalue weighted by Crippen LogP contribution is 2.22. The van der Waals surface area contributed by atoms with Crippen molar-refractivity contribution in [3.05, 3.63) is 34.9 Å². The molecule has 0 spiro atoms. The first-order valence-electron chi connectivity index (χ1n) is 6.30. The molecular weight excluding hydrogens is 250 g/mol. The molecule has 1 N–H and O–H groups in total. The Kier molecular flexibility index (Phi) is 4.25. The van der Waals surface area contributed by atoms with E-state index in [1.165, 1.54) is 0 Å². The van der Waals surface area contributed by atoms with Crippen LogP contribution in [0.4, 0.5) is 0 Å². The molecule has 1 amide bonds. The van der Waals surface area contributed by atoms with Crippen molar-refractivity contribution < 1.29 is 9.90 Å². The minimum atomic E-state index is -1.07. The van der Waals surface area contributed by atoms with E-state index in [1.807, 2.05) is 0 Å². The Hall–Kier alpha value is -1.06. The fraction of sp³-hybridized carbons (Fsp3) is 0.500. The van der Waals surface area contributed by atoms with Crippen molar-refractivity contribution >= 4 is 17.5 Å². The number of piperidine rings is 1. The van der Waals surface area contributed by atoms with Gasteiger partial charge in [0.05, 0.1) is 0 Å². The average Bonchev–Trinajstić information content (AvgIpc) is 2.39. The predicted molar refractivity (Wildman–Crippen MR) is 71.4 cm³/mol. The van der Waals surface area contributed by atoms with Gasteiger partial charge in [0.1, 0.15) is 0 Å². The molecule has 1 aliphatic heterocycles. The van der Waals surface area contributed by atoms with Crippen molar-refractivity contribution in [3.8, 4) is 0 Å². The van der Waals surface area contributed by atoms with Crippen LogP contribution in [0.5, 0.6) is 0 Å². The number of nitrogens with zero attached hydrogens (tertiary/aromatic N) is 1. The average molecular weight is 268 g/mol. The maximum absolute atomic E-state index is 12.1. The summed E-state index contributed by atoms with van der Waals surface area (Å²) in [5.41, 5.74) is 0.600. The van der Waals surface area contributed by atoms with E-state index < -0.39 is 6.10 Å². The van der Waals surface area contributed by atoms with Crippen molar-refractivity contribution in [2.45, 2.75) is 25.9 Å². The first-order chi connectivity index (χ1) is 8.58. The molecular formula is C14H18ClNO2. The number of carbonyl (C=O) groups excluding carboxylic acids is 1. The van der Waals surface area contributed by atoms with Crippen LogP contribution in [0, 0.1) is 5.92 Å². The van der Waals surface area contributed by atoms with Crippen LogP contribution in [-0.4, -0.2) is 29.0 Å². The molecule has 1 unspecified atom stereocenters. The van der Waals surface area contributed by atoms with E-state index in [1.54, 1.807) is 29.2 Å². The van der Waals surface area contributed by atoms with Crippen LogP contribution < -0.4 is 0 Å². The van der Waals surface area contributed by atoms with Crippen molar-refractivity contribution in [2.75, 3.05) is 13.1 Å². The van der Waals surface area contributed by atoms with Gasteiger partial charge in [0.2, 0.25) is 0 Å². The molecule has 0 aromatic heterocycles. The standard InChI is InChI=1S/C14H18ClNO2/c1-10-6-8-16(9-7-10)14(18)13(17)11-2-4-12(15)5-3-11/h2-5,10,13,17H,6-9H2,1H3. The lowest BCUT2D eigenvalue weighted by atomic mass is 9.98. The molecule has 0 bridgehead atoms. The van der Waals surface area contributed by atoms with Gasteiger partial charge in [0.25, 0.3) is 5.91 Å². The number of halogens is 1. The van der Waals surface area contributed by atoms with E-state index in [0.29, 0.717) is 16.5 Å². The fourth-order valence-electron chi connectivity index (χ4n) is 2.19. The first kappa shape index (κ1) is 13.4. The molecule has 18 heavy (non-hydrogen) atoms. The topological polar surface area (TPSA) is 40.5 Å². The molecule has 1 saturated heterocycles. The highest BCUT2D eigenvalue weighted by atomic mass is 35.5. The van der Waals surface area contributed by atoms with E-state index in [2.05, 4.69) is 6.92 Å². The van der Waals surface area contributed by atoms with Crippen molar-refractivity contribution in [3.63, 3.8) is 0 Å². The summed E-state index contributed by atoms with van der Waals surface area (Å²) in [5.74, 6) is 0.464. The van der Waals surface area contributed by atoms with Gasteiger partial charge in [0, 0.05) is 18.1 Å². The predicted octanol–water partition coefficient (Wildman–Crippen LogP) is 2.63. The monoisotopic (exact) mass is 267 g/mol. The summed E-state index contributed by atoms with van der Waals surface area (Å²) in [7, 11) is 0. The Morgan fingerprint density at radius 2 is 1.89 bits per heavy atom. The molecule has 98 valence electrons. The fourth-order valence-corrected chi connectivity index (χ4v) is 2.32. The summed E-state index contributed by atoms with van der Waals surface area (Å²) in [4.78, 5) is 13.9. The van der Waals surface area contributed by atoms with Crippen LogP contribution in [0.15, 0.2) is 24.3 Å². The van der Waals surface area contributed by atoms with Crippen LogP contribution in [0.3, 0.4) is 0 Å². The first-order valence-corrected chi connectivity index (χ1v) is 6.68. The van der Waals surface area contributed by atoms with Gasteiger partial charge in [-0.15, -0.1) is 0 Å². The number of hydrogen-bond acceptors (Lipinski definition) is 2. The zero-order valence-corrected chi connectivity index (χ0v) is 11.2. The third-order valence-electron chi connectivity index (χ3n) is 3.51. The number of benzene rings is 1. The Labute approximate surface area is 112 Å². The second kappa shape index (κ2) is 5.72. The number of hydrogen-bond donors (Lipinski definition) is 1. The minimum absolute atomic E-state index is 0.204. The smallest absolute Gasteiger partial charge is 0.256 e. The van der Waals surface area contributed by atoms with Crippen molar-refractivity contribution in [1.29, 1.82) is 0 Å². The number of amides is 1. The molecule has 1 atom stereocenters. The van der Waals surface area contributed by atoms with Crippen LogP contribution in [0.25, 0.3) is 0 Å². The SMILES string of the molecule is CC1CCN(C(=O)C(O)c2ccc(Cl)cc2)CC1. The maximum atomic E-state index is 12.1. The van der Waals surface area contributed by atoms with Gasteiger partial charge in [-0.25, -0.2) is 0 Å². The van der Waals surface area contributed by atoms with E-state index in [4.69, 9.17) is 11.6 Å². The quantitative estimate of drug-likeness (QED) is 0.895. The van der Waals surface area contributed by atoms with Crippen molar-refractivity contribution in [2.24, 2.45) is 5.92 Å². The number of likely N-dealkylation sites (tertiary alicyclic amines) is 1. The lowest BCUT2D eigenvalue weighted by Gasteiger charge is -2.31. The van der Waals surface area contributed by atoms with Gasteiger partial charge in [-0.3, -0.25) is 4.79 Å². The van der Waals surface area contributed by atoms with Gasteiger partial charge in [0.15, 0.2) is 6.10 Å². The number of aliphatic hydroxyl groups is 1. The molecule has 2 rings (SSSR count). The normalized spacial score (nSPS) is 18.7. The summed E-state index contributed by atoms with van der Waals surface area (Å²) in [6.45, 7) is 3.67. The molecule has 0 radical (unpaired) electrons. The second-order valence-electron chi connectivity index (χ2n) is 4.96. The Bertz CT molecular complexity index is 410. The van der Waals surface area contributed by atoms with E-state index in [0.717, 1.165) is 25.9 Å². The highest BCUT2D eigenvalue weighted by Gasteiger charge is 2.26. The van der Waals surface area contributed by atoms with E-state index >= 15 is 0 Å². The highest BCUT2D eigenvalue weighted by molar-refractivity contribution is 6.30. The lowest BCUT2D eigenvalue weighted by molar-refractivity contribution is -0.141. The molecule has 0 aliphatic carbocycles. The molecule has 4 heteroatoms. The zero-order chi connectivity index (χ0) is 13.1. The summed E-state index contributed by atoms with van der Waals surface area (Å²) >= 11 is 5.78. The molecule has 1 aromatic carbocycles. The van der Waals surface area contributed by atoms with Crippen LogP contribution >= 0.6 is 11.6 Å². The molecule has 1 aliphatic rings. The van der Waals surface area contributed by atoms with Gasteiger partial charge >= 0.3 is 0 Å². The molecule has 1 heterocycles. The van der Waals surface area contributed by atoms with E-state index in [9.17, 15) is 9.90 Å². The van der Waals surface area contributed by atoms with Crippen LogP contribution in [0.1, 0.15) is 31.4 Å². The number of aliphatic hydroxyl groups excluding tert-OH is 1. The summed E-state index contributed by atoms with van der Waals surface area (Å²) in [6, 6.07) is 6.76. The third-order valence-corrected chi connectivity index (χ3v) is 3.77. The zero-order valence-electron chi connectivity index (χ0n) is 10.5. The number of rotatable bonds is 2. The Morgan fingerprint density at radius 1 is 1.33 bits per heavy atom. The summed E-state index contributed by atoms with van der Waals surface area (Å²) in [5, 5.41) is 10.7. The molecule has 1 fully saturated rings. The number of carbonyl (C=O) groups is 1. The minimum Gasteiger partial charge on any atom is -0.378 e. The maximum Gasteiger partial charge on any atom is 0.256 e. The van der Waals surface area contributed by atoms with Crippen molar-refractivity contribution in [1.82, 2.24) is 4.90 Å². The second-order valence-corrected chi connectivity index (χ2v) is 5.40. The summed E-state index contributed by atoms with van der Waals surface area (Å²) < 4.78 is 0. The Balaban J connectivity index is 2.02. The van der Waals surface area contributed by atoms with Gasteiger partial charge in [-0.1, -0.05) is 30.7 Å². The van der Waals surface area contributed by atoms with Crippen LogP contribution in [-0.2, 0) is 4.79 Å². The molecule has 0 saturated carbocycles. The largest absolute Gasteiger partial charge is 0.378 e. The summed E-state index contributed by atoms with van der Waals surface area (Å²) in [6.07, 6.45) is 0.952. The molecule has 1 aromatic rings. The van der Waals surface area contributed by atoms with E-state index in [-0.39, 0.29) is 5.91 Å². The lowest BCUT2D eigenvalue weighted by Crippen LogP contribution is -2.40. The third kappa shape index (κ3) is 3.03.